The van der Waals surface area contributed by atoms with Gasteiger partial charge in [0.15, 0.2) is 0 Å². The molecule has 0 aromatic heterocycles. The van der Waals surface area contributed by atoms with Crippen LogP contribution in [0.4, 0.5) is 0 Å². The predicted molar refractivity (Wildman–Crippen MR) is 47.3 cm³/mol. The van der Waals surface area contributed by atoms with Crippen LogP contribution in [0.2, 0.25) is 0 Å². The SMILES string of the molecule is CC1(C)CC=C(CO)C1(C)C. The third-order valence-electron chi connectivity index (χ3n) is 3.52. The molecule has 0 fully saturated rings. The summed E-state index contributed by atoms with van der Waals surface area (Å²) in [7, 11) is 0. The average molecular weight is 154 g/mol. The Kier molecular flexibility index (Phi) is 1.87. The minimum atomic E-state index is 0.168. The van der Waals surface area contributed by atoms with E-state index in [1.807, 2.05) is 0 Å². The molecule has 0 bridgehead atoms. The van der Waals surface area contributed by atoms with Gasteiger partial charge in [0, 0.05) is 0 Å². The largest absolute Gasteiger partial charge is 0.392 e. The van der Waals surface area contributed by atoms with E-state index in [0.29, 0.717) is 5.41 Å². The van der Waals surface area contributed by atoms with Crippen molar-refractivity contribution in [2.24, 2.45) is 10.8 Å². The van der Waals surface area contributed by atoms with E-state index in [1.165, 1.54) is 5.57 Å². The molecule has 0 heterocycles. The molecule has 1 nitrogen and oxygen atoms in total. The number of hydrogen-bond donors (Lipinski definition) is 1. The lowest BCUT2D eigenvalue weighted by atomic mass is 9.67. The molecule has 1 rings (SSSR count). The second kappa shape index (κ2) is 2.34. The van der Waals surface area contributed by atoms with Crippen molar-refractivity contribution < 1.29 is 5.11 Å². The summed E-state index contributed by atoms with van der Waals surface area (Å²) >= 11 is 0. The molecule has 0 aromatic rings. The van der Waals surface area contributed by atoms with Gasteiger partial charge in [-0.3, -0.25) is 0 Å². The fourth-order valence-electron chi connectivity index (χ4n) is 1.59. The van der Waals surface area contributed by atoms with Crippen LogP contribution in [0.3, 0.4) is 0 Å². The summed E-state index contributed by atoms with van der Waals surface area (Å²) in [5, 5.41) is 9.07. The first-order chi connectivity index (χ1) is 4.92. The molecular weight excluding hydrogens is 136 g/mol. The minimum absolute atomic E-state index is 0.168. The maximum absolute atomic E-state index is 9.07. The summed E-state index contributed by atoms with van der Waals surface area (Å²) in [6, 6.07) is 0. The number of aliphatic hydroxyl groups excluding tert-OH is 1. The van der Waals surface area contributed by atoms with E-state index < -0.39 is 0 Å². The highest BCUT2D eigenvalue weighted by Gasteiger charge is 2.42. The van der Waals surface area contributed by atoms with Crippen LogP contribution in [0.5, 0.6) is 0 Å². The Hall–Kier alpha value is -0.300. The highest BCUT2D eigenvalue weighted by atomic mass is 16.3. The molecule has 0 radical (unpaired) electrons. The summed E-state index contributed by atoms with van der Waals surface area (Å²) in [6.07, 6.45) is 3.27. The van der Waals surface area contributed by atoms with Crippen molar-refractivity contribution in [1.29, 1.82) is 0 Å². The van der Waals surface area contributed by atoms with Crippen LogP contribution in [0, 0.1) is 10.8 Å². The standard InChI is InChI=1S/C10H18O/c1-9(2)6-5-8(7-11)10(9,3)4/h5,11H,6-7H2,1-4H3. The van der Waals surface area contributed by atoms with Crippen LogP contribution in [-0.4, -0.2) is 11.7 Å². The van der Waals surface area contributed by atoms with Crippen molar-refractivity contribution in [3.8, 4) is 0 Å². The smallest absolute Gasteiger partial charge is 0.0647 e. The first-order valence-corrected chi connectivity index (χ1v) is 4.22. The topological polar surface area (TPSA) is 20.2 Å². The van der Waals surface area contributed by atoms with Crippen molar-refractivity contribution >= 4 is 0 Å². The highest BCUT2D eigenvalue weighted by molar-refractivity contribution is 5.23. The lowest BCUT2D eigenvalue weighted by molar-refractivity contribution is 0.159. The number of hydrogen-bond acceptors (Lipinski definition) is 1. The van der Waals surface area contributed by atoms with Gasteiger partial charge in [0.2, 0.25) is 0 Å². The van der Waals surface area contributed by atoms with Crippen LogP contribution < -0.4 is 0 Å². The molecule has 1 N–H and O–H groups in total. The van der Waals surface area contributed by atoms with Crippen LogP contribution >= 0.6 is 0 Å². The molecule has 0 saturated carbocycles. The third-order valence-corrected chi connectivity index (χ3v) is 3.52. The molecule has 64 valence electrons. The maximum Gasteiger partial charge on any atom is 0.0647 e. The summed E-state index contributed by atoms with van der Waals surface area (Å²) in [5.41, 5.74) is 1.68. The van der Waals surface area contributed by atoms with E-state index in [0.717, 1.165) is 6.42 Å². The predicted octanol–water partition coefficient (Wildman–Crippen LogP) is 2.36. The molecule has 0 aromatic carbocycles. The zero-order valence-corrected chi connectivity index (χ0v) is 7.94. The van der Waals surface area contributed by atoms with Gasteiger partial charge in [0.1, 0.15) is 0 Å². The van der Waals surface area contributed by atoms with Gasteiger partial charge in [-0.15, -0.1) is 0 Å². The van der Waals surface area contributed by atoms with E-state index in [2.05, 4.69) is 33.8 Å². The number of aliphatic hydroxyl groups is 1. The molecule has 1 aliphatic carbocycles. The number of allylic oxidation sites excluding steroid dienone is 1. The molecular formula is C10H18O. The molecule has 0 atom stereocenters. The van der Waals surface area contributed by atoms with Crippen molar-refractivity contribution in [3.05, 3.63) is 11.6 Å². The zero-order valence-electron chi connectivity index (χ0n) is 7.94. The van der Waals surface area contributed by atoms with E-state index in [-0.39, 0.29) is 12.0 Å². The summed E-state index contributed by atoms with van der Waals surface area (Å²) in [6.45, 7) is 9.15. The molecule has 0 unspecified atom stereocenters. The quantitative estimate of drug-likeness (QED) is 0.575. The Morgan fingerprint density at radius 3 is 2.09 bits per heavy atom. The van der Waals surface area contributed by atoms with Crippen molar-refractivity contribution in [1.82, 2.24) is 0 Å². The van der Waals surface area contributed by atoms with Gasteiger partial charge in [-0.1, -0.05) is 33.8 Å². The van der Waals surface area contributed by atoms with Gasteiger partial charge in [-0.05, 0) is 22.8 Å². The Morgan fingerprint density at radius 2 is 1.91 bits per heavy atom. The van der Waals surface area contributed by atoms with Crippen LogP contribution in [-0.2, 0) is 0 Å². The highest BCUT2D eigenvalue weighted by Crippen LogP contribution is 2.51. The van der Waals surface area contributed by atoms with Crippen LogP contribution in [0.1, 0.15) is 34.1 Å². The van der Waals surface area contributed by atoms with Gasteiger partial charge >= 0.3 is 0 Å². The lowest BCUT2D eigenvalue weighted by Gasteiger charge is -2.37. The number of rotatable bonds is 1. The Labute approximate surface area is 69.1 Å². The Morgan fingerprint density at radius 1 is 1.36 bits per heavy atom. The summed E-state index contributed by atoms with van der Waals surface area (Å²) in [5.74, 6) is 0. The van der Waals surface area contributed by atoms with Crippen molar-refractivity contribution in [3.63, 3.8) is 0 Å². The fourth-order valence-corrected chi connectivity index (χ4v) is 1.59. The van der Waals surface area contributed by atoms with Gasteiger partial charge < -0.3 is 5.11 Å². The molecule has 0 amide bonds. The van der Waals surface area contributed by atoms with Gasteiger partial charge in [-0.25, -0.2) is 0 Å². The molecule has 0 spiro atoms. The minimum Gasteiger partial charge on any atom is -0.392 e. The van der Waals surface area contributed by atoms with Crippen LogP contribution in [0.25, 0.3) is 0 Å². The van der Waals surface area contributed by atoms with Crippen molar-refractivity contribution in [2.45, 2.75) is 34.1 Å². The van der Waals surface area contributed by atoms with Gasteiger partial charge in [-0.2, -0.15) is 0 Å². The first-order valence-electron chi connectivity index (χ1n) is 4.22. The maximum atomic E-state index is 9.07. The fraction of sp³-hybridized carbons (Fsp3) is 0.800. The molecule has 1 heteroatoms. The second-order valence-electron chi connectivity index (χ2n) is 4.60. The van der Waals surface area contributed by atoms with Crippen LogP contribution in [0.15, 0.2) is 11.6 Å². The molecule has 0 aliphatic heterocycles. The van der Waals surface area contributed by atoms with E-state index >= 15 is 0 Å². The second-order valence-corrected chi connectivity index (χ2v) is 4.60. The van der Waals surface area contributed by atoms with Gasteiger partial charge in [0.25, 0.3) is 0 Å². The van der Waals surface area contributed by atoms with E-state index in [4.69, 9.17) is 5.11 Å². The van der Waals surface area contributed by atoms with E-state index in [9.17, 15) is 0 Å². The van der Waals surface area contributed by atoms with E-state index in [1.54, 1.807) is 0 Å². The monoisotopic (exact) mass is 154 g/mol. The Balaban J connectivity index is 2.92. The van der Waals surface area contributed by atoms with Crippen molar-refractivity contribution in [2.75, 3.05) is 6.61 Å². The lowest BCUT2D eigenvalue weighted by Crippen LogP contribution is -2.30. The zero-order chi connectivity index (χ0) is 8.70. The van der Waals surface area contributed by atoms with Gasteiger partial charge in [0.05, 0.1) is 6.61 Å². The summed E-state index contributed by atoms with van der Waals surface area (Å²) in [4.78, 5) is 0. The Bertz CT molecular complexity index is 187. The molecule has 1 aliphatic rings. The first kappa shape index (κ1) is 8.79. The molecule has 0 saturated heterocycles. The molecule has 11 heavy (non-hydrogen) atoms. The third kappa shape index (κ3) is 1.12. The normalized spacial score (nSPS) is 26.8. The average Bonchev–Trinajstić information content (AvgIpc) is 2.05. The summed E-state index contributed by atoms with van der Waals surface area (Å²) < 4.78 is 0.